The summed E-state index contributed by atoms with van der Waals surface area (Å²) in [5, 5.41) is 7.10. The summed E-state index contributed by atoms with van der Waals surface area (Å²) in [7, 11) is 1.45. The maximum atomic E-state index is 11.9. The predicted molar refractivity (Wildman–Crippen MR) is 93.3 cm³/mol. The molecule has 0 spiro atoms. The maximum Gasteiger partial charge on any atom is 0.358 e. The van der Waals surface area contributed by atoms with Crippen LogP contribution in [0.15, 0.2) is 23.6 Å². The van der Waals surface area contributed by atoms with E-state index >= 15 is 0 Å². The van der Waals surface area contributed by atoms with E-state index in [0.29, 0.717) is 16.5 Å². The third-order valence-electron chi connectivity index (χ3n) is 2.77. The highest BCUT2D eigenvalue weighted by atomic mass is 35.5. The first-order chi connectivity index (χ1) is 11.9. The standard InChI is InChI=1S/C15H14ClN3O5S/c1-8(20)17-15-19-11(7-25-15)14(22)24-6-13(21)18-10-5-9(16)3-4-12(10)23-2/h3-5,7H,6H2,1-2H3,(H,18,21)(H,17,19,20). The van der Waals surface area contributed by atoms with Crippen LogP contribution < -0.4 is 15.4 Å². The van der Waals surface area contributed by atoms with Crippen LogP contribution in [0.3, 0.4) is 0 Å². The van der Waals surface area contributed by atoms with Gasteiger partial charge in [-0.25, -0.2) is 9.78 Å². The second-order valence-electron chi connectivity index (χ2n) is 4.69. The summed E-state index contributed by atoms with van der Waals surface area (Å²) in [6, 6.07) is 4.73. The van der Waals surface area contributed by atoms with Gasteiger partial charge in [-0.3, -0.25) is 9.59 Å². The minimum atomic E-state index is -0.777. The number of benzene rings is 1. The Morgan fingerprint density at radius 1 is 1.28 bits per heavy atom. The fourth-order valence-corrected chi connectivity index (χ4v) is 2.64. The van der Waals surface area contributed by atoms with Gasteiger partial charge in [-0.2, -0.15) is 0 Å². The smallest absolute Gasteiger partial charge is 0.358 e. The molecule has 2 aromatic rings. The largest absolute Gasteiger partial charge is 0.495 e. The third kappa shape index (κ3) is 5.44. The molecule has 0 aliphatic carbocycles. The molecule has 0 atom stereocenters. The summed E-state index contributed by atoms with van der Waals surface area (Å²) >= 11 is 6.95. The van der Waals surface area contributed by atoms with Crippen molar-refractivity contribution in [2.45, 2.75) is 6.92 Å². The summed E-state index contributed by atoms with van der Waals surface area (Å²) in [6.45, 7) is 0.815. The Kier molecular flexibility index (Phi) is 6.31. The predicted octanol–water partition coefficient (Wildman–Crippen LogP) is 2.56. The number of rotatable bonds is 6. The van der Waals surface area contributed by atoms with Crippen LogP contribution in [0.1, 0.15) is 17.4 Å². The molecular formula is C15H14ClN3O5S. The van der Waals surface area contributed by atoms with E-state index in [9.17, 15) is 14.4 Å². The third-order valence-corrected chi connectivity index (χ3v) is 3.76. The average Bonchev–Trinajstić information content (AvgIpc) is 3.00. The first-order valence-electron chi connectivity index (χ1n) is 6.92. The van der Waals surface area contributed by atoms with Crippen molar-refractivity contribution in [3.63, 3.8) is 0 Å². The Bertz CT molecular complexity index is 808. The number of carbonyl (C=O) groups excluding carboxylic acids is 3. The van der Waals surface area contributed by atoms with Crippen LogP contribution >= 0.6 is 22.9 Å². The second kappa shape index (κ2) is 8.45. The van der Waals surface area contributed by atoms with Gasteiger partial charge in [0.25, 0.3) is 5.91 Å². The Morgan fingerprint density at radius 3 is 2.72 bits per heavy atom. The number of hydrogen-bond donors (Lipinski definition) is 2. The van der Waals surface area contributed by atoms with Crippen LogP contribution in [-0.4, -0.2) is 36.5 Å². The molecule has 0 aliphatic rings. The van der Waals surface area contributed by atoms with E-state index < -0.39 is 18.5 Å². The van der Waals surface area contributed by atoms with E-state index in [1.165, 1.54) is 25.5 Å². The molecule has 1 heterocycles. The van der Waals surface area contributed by atoms with Crippen molar-refractivity contribution < 1.29 is 23.9 Å². The summed E-state index contributed by atoms with van der Waals surface area (Å²) in [5.41, 5.74) is 0.361. The minimum absolute atomic E-state index is 0.00175. The van der Waals surface area contributed by atoms with Gasteiger partial charge in [0.15, 0.2) is 17.4 Å². The molecule has 0 radical (unpaired) electrons. The Labute approximate surface area is 152 Å². The molecule has 0 saturated carbocycles. The van der Waals surface area contributed by atoms with Gasteiger partial charge in [0, 0.05) is 17.3 Å². The number of nitrogens with zero attached hydrogens (tertiary/aromatic N) is 1. The lowest BCUT2D eigenvalue weighted by Crippen LogP contribution is -2.21. The van der Waals surface area contributed by atoms with E-state index in [1.807, 2.05) is 0 Å². The van der Waals surface area contributed by atoms with E-state index in [-0.39, 0.29) is 16.7 Å². The second-order valence-corrected chi connectivity index (χ2v) is 5.98. The van der Waals surface area contributed by atoms with Crippen LogP contribution in [0.2, 0.25) is 5.02 Å². The van der Waals surface area contributed by atoms with Gasteiger partial charge < -0.3 is 20.1 Å². The molecule has 0 fully saturated rings. The molecular weight excluding hydrogens is 370 g/mol. The number of halogens is 1. The monoisotopic (exact) mass is 383 g/mol. The van der Waals surface area contributed by atoms with Crippen LogP contribution in [0.25, 0.3) is 0 Å². The highest BCUT2D eigenvalue weighted by Crippen LogP contribution is 2.27. The van der Waals surface area contributed by atoms with Crippen molar-refractivity contribution in [3.05, 3.63) is 34.3 Å². The summed E-state index contributed by atoms with van der Waals surface area (Å²) in [5.74, 6) is -1.22. The average molecular weight is 384 g/mol. The molecule has 132 valence electrons. The number of carbonyl (C=O) groups is 3. The number of methoxy groups -OCH3 is 1. The molecule has 2 rings (SSSR count). The highest BCUT2D eigenvalue weighted by Gasteiger charge is 2.15. The molecule has 2 amide bonds. The fraction of sp³-hybridized carbons (Fsp3) is 0.200. The normalized spacial score (nSPS) is 10.0. The molecule has 1 aromatic heterocycles. The van der Waals surface area contributed by atoms with Gasteiger partial charge in [-0.05, 0) is 18.2 Å². The van der Waals surface area contributed by atoms with Gasteiger partial charge >= 0.3 is 5.97 Å². The minimum Gasteiger partial charge on any atom is -0.495 e. The number of aromatic nitrogens is 1. The number of amides is 2. The lowest BCUT2D eigenvalue weighted by atomic mass is 10.3. The first kappa shape index (κ1) is 18.7. The van der Waals surface area contributed by atoms with Crippen LogP contribution in [0, 0.1) is 0 Å². The Morgan fingerprint density at radius 2 is 2.04 bits per heavy atom. The van der Waals surface area contributed by atoms with Gasteiger partial charge in [0.1, 0.15) is 5.75 Å². The number of ether oxygens (including phenoxy) is 2. The Balaban J connectivity index is 1.91. The number of nitrogens with one attached hydrogen (secondary N) is 2. The van der Waals surface area contributed by atoms with Crippen molar-refractivity contribution in [2.24, 2.45) is 0 Å². The lowest BCUT2D eigenvalue weighted by molar-refractivity contribution is -0.119. The van der Waals surface area contributed by atoms with Gasteiger partial charge in [-0.1, -0.05) is 11.6 Å². The molecule has 0 unspecified atom stereocenters. The zero-order chi connectivity index (χ0) is 18.4. The van der Waals surface area contributed by atoms with Crippen LogP contribution in [0.4, 0.5) is 10.8 Å². The zero-order valence-electron chi connectivity index (χ0n) is 13.3. The van der Waals surface area contributed by atoms with E-state index in [0.717, 1.165) is 11.3 Å². The van der Waals surface area contributed by atoms with E-state index in [2.05, 4.69) is 15.6 Å². The molecule has 10 heteroatoms. The van der Waals surface area contributed by atoms with E-state index in [4.69, 9.17) is 21.1 Å². The molecule has 0 saturated heterocycles. The topological polar surface area (TPSA) is 107 Å². The molecule has 0 bridgehead atoms. The molecule has 25 heavy (non-hydrogen) atoms. The van der Waals surface area contributed by atoms with Crippen molar-refractivity contribution in [2.75, 3.05) is 24.4 Å². The van der Waals surface area contributed by atoms with Gasteiger partial charge in [0.2, 0.25) is 5.91 Å². The molecule has 0 aliphatic heterocycles. The number of hydrogen-bond acceptors (Lipinski definition) is 7. The van der Waals surface area contributed by atoms with Crippen LogP contribution in [0.5, 0.6) is 5.75 Å². The van der Waals surface area contributed by atoms with Crippen LogP contribution in [-0.2, 0) is 14.3 Å². The van der Waals surface area contributed by atoms with Crippen molar-refractivity contribution in [1.82, 2.24) is 4.98 Å². The summed E-state index contributed by atoms with van der Waals surface area (Å²) in [4.78, 5) is 38.6. The molecule has 8 nitrogen and oxygen atoms in total. The molecule has 1 aromatic carbocycles. The van der Waals surface area contributed by atoms with Crippen molar-refractivity contribution in [1.29, 1.82) is 0 Å². The van der Waals surface area contributed by atoms with Crippen molar-refractivity contribution >= 4 is 51.5 Å². The Hall–Kier alpha value is -2.65. The zero-order valence-corrected chi connectivity index (χ0v) is 14.9. The SMILES string of the molecule is COc1ccc(Cl)cc1NC(=O)COC(=O)c1csc(NC(C)=O)n1. The number of anilines is 2. The van der Waals surface area contributed by atoms with E-state index in [1.54, 1.807) is 12.1 Å². The molecule has 2 N–H and O–H groups in total. The quantitative estimate of drug-likeness (QED) is 0.742. The first-order valence-corrected chi connectivity index (χ1v) is 8.18. The number of thiazole rings is 1. The summed E-state index contributed by atoms with van der Waals surface area (Å²) in [6.07, 6.45) is 0. The fourth-order valence-electron chi connectivity index (χ4n) is 1.74. The van der Waals surface area contributed by atoms with Gasteiger partial charge in [0.05, 0.1) is 12.8 Å². The maximum absolute atomic E-state index is 11.9. The highest BCUT2D eigenvalue weighted by molar-refractivity contribution is 7.14. The van der Waals surface area contributed by atoms with Crippen molar-refractivity contribution in [3.8, 4) is 5.75 Å². The number of esters is 1. The lowest BCUT2D eigenvalue weighted by Gasteiger charge is -2.10. The van der Waals surface area contributed by atoms with Gasteiger partial charge in [-0.15, -0.1) is 11.3 Å². The summed E-state index contributed by atoms with van der Waals surface area (Å²) < 4.78 is 10.00.